The Bertz CT molecular complexity index is 343. The van der Waals surface area contributed by atoms with Gasteiger partial charge in [-0.05, 0) is 44.8 Å². The molecule has 0 bridgehead atoms. The molecule has 0 aromatic carbocycles. The van der Waals surface area contributed by atoms with Crippen LogP contribution in [0, 0.1) is 0 Å². The van der Waals surface area contributed by atoms with Gasteiger partial charge < -0.3 is 15.3 Å². The van der Waals surface area contributed by atoms with Gasteiger partial charge in [0.1, 0.15) is 6.04 Å². The summed E-state index contributed by atoms with van der Waals surface area (Å²) in [6, 6.07) is -0.619. The summed E-state index contributed by atoms with van der Waals surface area (Å²) in [4.78, 5) is 24.7. The summed E-state index contributed by atoms with van der Waals surface area (Å²) in [7, 11) is 0. The van der Waals surface area contributed by atoms with Crippen molar-refractivity contribution in [3.05, 3.63) is 0 Å². The minimum Gasteiger partial charge on any atom is -0.480 e. The Hall–Kier alpha value is -0.910. The second-order valence-corrected chi connectivity index (χ2v) is 6.49. The SMILES string of the molecule is CSC1CCC(NC(=O)N2CCC[C@H]2C(=O)O)CC1. The third-order valence-corrected chi connectivity index (χ3v) is 5.27. The number of hydrogen-bond acceptors (Lipinski definition) is 3. The number of carboxylic acid groups (broad SMARTS) is 1. The summed E-state index contributed by atoms with van der Waals surface area (Å²) in [6.45, 7) is 0.558. The van der Waals surface area contributed by atoms with Crippen LogP contribution in [0.15, 0.2) is 0 Å². The van der Waals surface area contributed by atoms with E-state index < -0.39 is 12.0 Å². The average molecular weight is 286 g/mol. The minimum absolute atomic E-state index is 0.197. The largest absolute Gasteiger partial charge is 0.480 e. The molecule has 19 heavy (non-hydrogen) atoms. The summed E-state index contributed by atoms with van der Waals surface area (Å²) >= 11 is 1.90. The second kappa shape index (κ2) is 6.50. The number of nitrogens with one attached hydrogen (secondary N) is 1. The van der Waals surface area contributed by atoms with Gasteiger partial charge in [0.15, 0.2) is 0 Å². The van der Waals surface area contributed by atoms with Crippen LogP contribution in [0.25, 0.3) is 0 Å². The molecule has 1 aliphatic heterocycles. The molecule has 0 aromatic heterocycles. The monoisotopic (exact) mass is 286 g/mol. The number of urea groups is 1. The Morgan fingerprint density at radius 2 is 1.89 bits per heavy atom. The summed E-state index contributed by atoms with van der Waals surface area (Å²) in [5.41, 5.74) is 0. The molecular formula is C13H22N2O3S. The van der Waals surface area contributed by atoms with Crippen molar-refractivity contribution in [2.75, 3.05) is 12.8 Å². The Kier molecular flexibility index (Phi) is 4.96. The molecule has 0 aromatic rings. The normalized spacial score (nSPS) is 31.2. The molecular weight excluding hydrogens is 264 g/mol. The van der Waals surface area contributed by atoms with E-state index in [1.54, 1.807) is 0 Å². The summed E-state index contributed by atoms with van der Waals surface area (Å²) in [5, 5.41) is 12.8. The molecule has 2 rings (SSSR count). The van der Waals surface area contributed by atoms with Crippen LogP contribution in [-0.2, 0) is 4.79 Å². The Morgan fingerprint density at radius 1 is 1.21 bits per heavy atom. The Morgan fingerprint density at radius 3 is 2.47 bits per heavy atom. The zero-order chi connectivity index (χ0) is 13.8. The highest BCUT2D eigenvalue weighted by molar-refractivity contribution is 7.99. The molecule has 2 N–H and O–H groups in total. The van der Waals surface area contributed by atoms with E-state index in [9.17, 15) is 9.59 Å². The van der Waals surface area contributed by atoms with Gasteiger partial charge in [0, 0.05) is 17.8 Å². The van der Waals surface area contributed by atoms with Crippen LogP contribution < -0.4 is 5.32 Å². The smallest absolute Gasteiger partial charge is 0.326 e. The lowest BCUT2D eigenvalue weighted by Gasteiger charge is -2.30. The summed E-state index contributed by atoms with van der Waals surface area (Å²) in [6.07, 6.45) is 7.76. The molecule has 1 aliphatic carbocycles. The zero-order valence-electron chi connectivity index (χ0n) is 11.3. The standard InChI is InChI=1S/C13H22N2O3S/c1-19-10-6-4-9(5-7-10)14-13(18)15-8-2-3-11(15)12(16)17/h9-11H,2-8H2,1H3,(H,14,18)(H,16,17)/t9?,10?,11-/m0/s1. The molecule has 108 valence electrons. The topological polar surface area (TPSA) is 69.6 Å². The maximum Gasteiger partial charge on any atom is 0.326 e. The zero-order valence-corrected chi connectivity index (χ0v) is 12.1. The van der Waals surface area contributed by atoms with Crippen LogP contribution in [0.5, 0.6) is 0 Å². The molecule has 0 unspecified atom stereocenters. The van der Waals surface area contributed by atoms with E-state index in [1.165, 1.54) is 4.90 Å². The van der Waals surface area contributed by atoms with Gasteiger partial charge in [-0.3, -0.25) is 0 Å². The minimum atomic E-state index is -0.890. The molecule has 2 amide bonds. The lowest BCUT2D eigenvalue weighted by atomic mass is 9.95. The maximum atomic E-state index is 12.1. The second-order valence-electron chi connectivity index (χ2n) is 5.35. The number of thioether (sulfide) groups is 1. The van der Waals surface area contributed by atoms with Crippen LogP contribution in [0.1, 0.15) is 38.5 Å². The van der Waals surface area contributed by atoms with E-state index in [-0.39, 0.29) is 12.1 Å². The van der Waals surface area contributed by atoms with Gasteiger partial charge in [-0.15, -0.1) is 0 Å². The highest BCUT2D eigenvalue weighted by Crippen LogP contribution is 2.27. The number of rotatable bonds is 3. The van der Waals surface area contributed by atoms with Gasteiger partial charge in [0.2, 0.25) is 0 Å². The molecule has 1 saturated heterocycles. The first-order valence-electron chi connectivity index (χ1n) is 6.94. The van der Waals surface area contributed by atoms with Crippen LogP contribution in [0.3, 0.4) is 0 Å². The van der Waals surface area contributed by atoms with E-state index in [0.717, 1.165) is 32.1 Å². The first-order chi connectivity index (χ1) is 9.11. The van der Waals surface area contributed by atoms with E-state index in [4.69, 9.17) is 5.11 Å². The first-order valence-corrected chi connectivity index (χ1v) is 8.23. The number of carbonyl (C=O) groups excluding carboxylic acids is 1. The highest BCUT2D eigenvalue weighted by Gasteiger charge is 2.35. The number of nitrogens with zero attached hydrogens (tertiary/aromatic N) is 1. The van der Waals surface area contributed by atoms with Crippen LogP contribution in [0.4, 0.5) is 4.79 Å². The predicted octanol–water partition coefficient (Wildman–Crippen LogP) is 1.92. The fourth-order valence-electron chi connectivity index (χ4n) is 2.97. The highest BCUT2D eigenvalue weighted by atomic mass is 32.2. The average Bonchev–Trinajstić information content (AvgIpc) is 2.89. The quantitative estimate of drug-likeness (QED) is 0.831. The molecule has 0 radical (unpaired) electrons. The summed E-state index contributed by atoms with van der Waals surface area (Å²) < 4.78 is 0. The van der Waals surface area contributed by atoms with Crippen molar-refractivity contribution in [1.29, 1.82) is 0 Å². The van der Waals surface area contributed by atoms with Crippen molar-refractivity contribution >= 4 is 23.8 Å². The van der Waals surface area contributed by atoms with E-state index in [0.29, 0.717) is 18.2 Å². The number of hydrogen-bond donors (Lipinski definition) is 2. The molecule has 1 saturated carbocycles. The summed E-state index contributed by atoms with van der Waals surface area (Å²) in [5.74, 6) is -0.890. The molecule has 2 fully saturated rings. The van der Waals surface area contributed by atoms with E-state index in [2.05, 4.69) is 11.6 Å². The van der Waals surface area contributed by atoms with Gasteiger partial charge in [-0.25, -0.2) is 9.59 Å². The Balaban J connectivity index is 1.82. The van der Waals surface area contributed by atoms with Gasteiger partial charge in [-0.1, -0.05) is 0 Å². The molecule has 1 atom stereocenters. The van der Waals surface area contributed by atoms with E-state index >= 15 is 0 Å². The maximum absolute atomic E-state index is 12.1. The number of likely N-dealkylation sites (tertiary alicyclic amines) is 1. The third-order valence-electron chi connectivity index (χ3n) is 4.13. The number of carbonyl (C=O) groups is 2. The van der Waals surface area contributed by atoms with Crippen molar-refractivity contribution in [2.45, 2.75) is 55.9 Å². The molecule has 0 spiro atoms. The van der Waals surface area contributed by atoms with Crippen molar-refractivity contribution in [3.8, 4) is 0 Å². The van der Waals surface area contributed by atoms with Gasteiger partial charge >= 0.3 is 12.0 Å². The number of aliphatic carboxylic acids is 1. The third kappa shape index (κ3) is 3.55. The van der Waals surface area contributed by atoms with Crippen LogP contribution in [0.2, 0.25) is 0 Å². The first kappa shape index (κ1) is 14.5. The number of amides is 2. The van der Waals surface area contributed by atoms with Gasteiger partial charge in [0.25, 0.3) is 0 Å². The van der Waals surface area contributed by atoms with E-state index in [1.807, 2.05) is 11.8 Å². The van der Waals surface area contributed by atoms with Gasteiger partial charge in [-0.2, -0.15) is 11.8 Å². The lowest BCUT2D eigenvalue weighted by molar-refractivity contribution is -0.141. The number of carboxylic acids is 1. The van der Waals surface area contributed by atoms with Crippen molar-refractivity contribution in [1.82, 2.24) is 10.2 Å². The fourth-order valence-corrected chi connectivity index (χ4v) is 3.71. The fraction of sp³-hybridized carbons (Fsp3) is 0.846. The molecule has 2 aliphatic rings. The predicted molar refractivity (Wildman–Crippen MR) is 75.5 cm³/mol. The van der Waals surface area contributed by atoms with Crippen LogP contribution in [-0.4, -0.2) is 52.1 Å². The molecule has 5 nitrogen and oxygen atoms in total. The van der Waals surface area contributed by atoms with Crippen molar-refractivity contribution in [2.24, 2.45) is 0 Å². The van der Waals surface area contributed by atoms with Crippen molar-refractivity contribution in [3.63, 3.8) is 0 Å². The molecule has 1 heterocycles. The van der Waals surface area contributed by atoms with Crippen LogP contribution >= 0.6 is 11.8 Å². The van der Waals surface area contributed by atoms with Crippen molar-refractivity contribution < 1.29 is 14.7 Å². The van der Waals surface area contributed by atoms with Gasteiger partial charge in [0.05, 0.1) is 0 Å². The lowest BCUT2D eigenvalue weighted by Crippen LogP contribution is -2.49. The molecule has 6 heteroatoms. The Labute approximate surface area is 118 Å².